The summed E-state index contributed by atoms with van der Waals surface area (Å²) in [7, 11) is 0. The van der Waals surface area contributed by atoms with E-state index >= 15 is 0 Å². The van der Waals surface area contributed by atoms with Gasteiger partial charge in [0.25, 0.3) is 11.5 Å². The molecule has 0 saturated heterocycles. The number of aliphatic hydroxyl groups is 1. The molecule has 24 heavy (non-hydrogen) atoms. The zero-order chi connectivity index (χ0) is 17.7. The standard InChI is InChI=1S/C17H20ClN3O3/c1-3-10-13(4-2)20-21-17(24)15(10)16(23)19-9-14(22)11-7-5-6-8-12(11)18/h5-8,14,22H,3-4,9H2,1-2H3,(H,19,23)(H,21,24). The molecule has 0 spiro atoms. The Kier molecular flexibility index (Phi) is 6.11. The summed E-state index contributed by atoms with van der Waals surface area (Å²) in [6.45, 7) is 3.72. The first-order chi connectivity index (χ1) is 11.5. The van der Waals surface area contributed by atoms with Gasteiger partial charge in [-0.05, 0) is 24.5 Å². The minimum absolute atomic E-state index is 0.0467. The number of carbonyl (C=O) groups excluding carboxylic acids is 1. The highest BCUT2D eigenvalue weighted by atomic mass is 35.5. The van der Waals surface area contributed by atoms with Crippen LogP contribution in [0.25, 0.3) is 0 Å². The Balaban J connectivity index is 2.19. The molecule has 0 aliphatic rings. The summed E-state index contributed by atoms with van der Waals surface area (Å²) < 4.78 is 0. The van der Waals surface area contributed by atoms with Gasteiger partial charge in [0.15, 0.2) is 0 Å². The van der Waals surface area contributed by atoms with Crippen molar-refractivity contribution in [3.63, 3.8) is 0 Å². The lowest BCUT2D eigenvalue weighted by atomic mass is 10.0. The number of hydrogen-bond donors (Lipinski definition) is 3. The first kappa shape index (κ1) is 18.2. The number of rotatable bonds is 6. The van der Waals surface area contributed by atoms with E-state index in [9.17, 15) is 14.7 Å². The van der Waals surface area contributed by atoms with Crippen LogP contribution in [0.15, 0.2) is 29.1 Å². The molecule has 7 heteroatoms. The highest BCUT2D eigenvalue weighted by molar-refractivity contribution is 6.31. The number of amides is 1. The van der Waals surface area contributed by atoms with Gasteiger partial charge in [0.05, 0.1) is 11.8 Å². The molecule has 0 radical (unpaired) electrons. The molecular weight excluding hydrogens is 330 g/mol. The van der Waals surface area contributed by atoms with Gasteiger partial charge in [-0.1, -0.05) is 43.6 Å². The monoisotopic (exact) mass is 349 g/mol. The van der Waals surface area contributed by atoms with Crippen LogP contribution in [0, 0.1) is 0 Å². The van der Waals surface area contributed by atoms with Crippen molar-refractivity contribution in [2.45, 2.75) is 32.8 Å². The van der Waals surface area contributed by atoms with Crippen LogP contribution in [0.2, 0.25) is 5.02 Å². The number of hydrogen-bond acceptors (Lipinski definition) is 4. The first-order valence-electron chi connectivity index (χ1n) is 7.80. The molecule has 0 aliphatic carbocycles. The zero-order valence-corrected chi connectivity index (χ0v) is 14.4. The number of aryl methyl sites for hydroxylation is 1. The van der Waals surface area contributed by atoms with Gasteiger partial charge in [0.1, 0.15) is 5.56 Å². The van der Waals surface area contributed by atoms with E-state index in [4.69, 9.17) is 11.6 Å². The van der Waals surface area contributed by atoms with Crippen molar-refractivity contribution in [1.82, 2.24) is 15.5 Å². The number of aromatic amines is 1. The van der Waals surface area contributed by atoms with Gasteiger partial charge in [0.2, 0.25) is 0 Å². The number of H-pyrrole nitrogens is 1. The Morgan fingerprint density at radius 1 is 1.33 bits per heavy atom. The van der Waals surface area contributed by atoms with E-state index in [0.717, 1.165) is 0 Å². The Morgan fingerprint density at radius 3 is 2.67 bits per heavy atom. The summed E-state index contributed by atoms with van der Waals surface area (Å²) in [6.07, 6.45) is 0.178. The van der Waals surface area contributed by atoms with Gasteiger partial charge in [-0.25, -0.2) is 5.10 Å². The first-order valence-corrected chi connectivity index (χ1v) is 8.18. The van der Waals surface area contributed by atoms with Crippen molar-refractivity contribution < 1.29 is 9.90 Å². The largest absolute Gasteiger partial charge is 0.387 e. The van der Waals surface area contributed by atoms with Crippen molar-refractivity contribution in [2.75, 3.05) is 6.54 Å². The Bertz CT molecular complexity index is 789. The highest BCUT2D eigenvalue weighted by Gasteiger charge is 2.20. The van der Waals surface area contributed by atoms with Gasteiger partial charge >= 0.3 is 0 Å². The van der Waals surface area contributed by atoms with E-state index in [1.807, 2.05) is 13.8 Å². The Hall–Kier alpha value is -2.18. The number of carbonyl (C=O) groups is 1. The van der Waals surface area contributed by atoms with Gasteiger partial charge in [-0.15, -0.1) is 0 Å². The van der Waals surface area contributed by atoms with Crippen LogP contribution in [0.5, 0.6) is 0 Å². The van der Waals surface area contributed by atoms with Crippen LogP contribution in [0.3, 0.4) is 0 Å². The third-order valence-corrected chi connectivity index (χ3v) is 4.15. The van der Waals surface area contributed by atoms with E-state index < -0.39 is 17.6 Å². The molecule has 0 aliphatic heterocycles. The summed E-state index contributed by atoms with van der Waals surface area (Å²) >= 11 is 6.03. The molecule has 2 aromatic rings. The summed E-state index contributed by atoms with van der Waals surface area (Å²) in [6, 6.07) is 6.86. The number of benzene rings is 1. The fourth-order valence-electron chi connectivity index (χ4n) is 2.57. The summed E-state index contributed by atoms with van der Waals surface area (Å²) in [4.78, 5) is 24.4. The normalized spacial score (nSPS) is 12.0. The molecule has 0 bridgehead atoms. The van der Waals surface area contributed by atoms with Crippen LogP contribution in [-0.4, -0.2) is 27.8 Å². The molecular formula is C17H20ClN3O3. The fraction of sp³-hybridized carbons (Fsp3) is 0.353. The maximum Gasteiger partial charge on any atom is 0.277 e. The minimum Gasteiger partial charge on any atom is -0.387 e. The second-order valence-electron chi connectivity index (χ2n) is 5.31. The topological polar surface area (TPSA) is 95.1 Å². The number of aromatic nitrogens is 2. The molecule has 1 amide bonds. The lowest BCUT2D eigenvalue weighted by molar-refractivity contribution is 0.0913. The van der Waals surface area contributed by atoms with Gasteiger partial charge in [-0.3, -0.25) is 9.59 Å². The lowest BCUT2D eigenvalue weighted by Gasteiger charge is -2.15. The Labute approximate surface area is 144 Å². The number of halogens is 1. The van der Waals surface area contributed by atoms with E-state index in [1.165, 1.54) is 0 Å². The summed E-state index contributed by atoms with van der Waals surface area (Å²) in [5, 5.41) is 19.5. The third kappa shape index (κ3) is 3.83. The molecule has 0 fully saturated rings. The van der Waals surface area contributed by atoms with Crippen molar-refractivity contribution in [2.24, 2.45) is 0 Å². The summed E-state index contributed by atoms with van der Waals surface area (Å²) in [5.41, 5.74) is 1.36. The lowest BCUT2D eigenvalue weighted by Crippen LogP contribution is -2.35. The average Bonchev–Trinajstić information content (AvgIpc) is 2.59. The molecule has 1 unspecified atom stereocenters. The molecule has 3 N–H and O–H groups in total. The van der Waals surface area contributed by atoms with Crippen LogP contribution in [0.4, 0.5) is 0 Å². The molecule has 128 valence electrons. The minimum atomic E-state index is -0.959. The molecule has 1 aromatic heterocycles. The molecule has 1 atom stereocenters. The molecule has 6 nitrogen and oxygen atoms in total. The quantitative estimate of drug-likeness (QED) is 0.743. The average molecular weight is 350 g/mol. The van der Waals surface area contributed by atoms with E-state index in [2.05, 4.69) is 15.5 Å². The van der Waals surface area contributed by atoms with Crippen molar-refractivity contribution >= 4 is 17.5 Å². The number of nitrogens with zero attached hydrogens (tertiary/aromatic N) is 1. The van der Waals surface area contributed by atoms with Crippen molar-refractivity contribution in [1.29, 1.82) is 0 Å². The van der Waals surface area contributed by atoms with Crippen LogP contribution in [-0.2, 0) is 12.8 Å². The van der Waals surface area contributed by atoms with Gasteiger partial charge < -0.3 is 10.4 Å². The predicted molar refractivity (Wildman–Crippen MR) is 92.4 cm³/mol. The van der Waals surface area contributed by atoms with Crippen LogP contribution < -0.4 is 10.9 Å². The molecule has 2 rings (SSSR count). The Morgan fingerprint density at radius 2 is 2.04 bits per heavy atom. The van der Waals surface area contributed by atoms with Gasteiger partial charge in [-0.2, -0.15) is 5.10 Å². The predicted octanol–water partition coefficient (Wildman–Crippen LogP) is 2.01. The third-order valence-electron chi connectivity index (χ3n) is 3.81. The highest BCUT2D eigenvalue weighted by Crippen LogP contribution is 2.22. The second-order valence-corrected chi connectivity index (χ2v) is 5.71. The maximum atomic E-state index is 12.4. The SMILES string of the molecule is CCc1n[nH]c(=O)c(C(=O)NCC(O)c2ccccc2Cl)c1CC. The van der Waals surface area contributed by atoms with E-state index in [0.29, 0.717) is 34.7 Å². The van der Waals surface area contributed by atoms with E-state index in [1.54, 1.807) is 24.3 Å². The zero-order valence-electron chi connectivity index (χ0n) is 13.6. The molecule has 0 saturated carbocycles. The smallest absolute Gasteiger partial charge is 0.277 e. The van der Waals surface area contributed by atoms with Crippen molar-refractivity contribution in [3.05, 3.63) is 62.0 Å². The number of aliphatic hydroxyl groups excluding tert-OH is 1. The van der Waals surface area contributed by atoms with Crippen LogP contribution in [0.1, 0.15) is 47.1 Å². The fourth-order valence-corrected chi connectivity index (χ4v) is 2.83. The van der Waals surface area contributed by atoms with Gasteiger partial charge in [0, 0.05) is 17.1 Å². The summed E-state index contributed by atoms with van der Waals surface area (Å²) in [5.74, 6) is -0.531. The number of nitrogens with one attached hydrogen (secondary N) is 2. The maximum absolute atomic E-state index is 12.4. The van der Waals surface area contributed by atoms with Crippen LogP contribution >= 0.6 is 11.6 Å². The second kappa shape index (κ2) is 8.08. The van der Waals surface area contributed by atoms with E-state index in [-0.39, 0.29) is 12.1 Å². The van der Waals surface area contributed by atoms with Crippen molar-refractivity contribution in [3.8, 4) is 0 Å². The molecule has 1 aromatic carbocycles. The molecule has 1 heterocycles.